The standard InChI is InChI=1S/C34H42ClF3N6O4/c35-27-18-21(17-26(30(27)39)34(36,37)38)19-29(31(45)42-13-7-23(8-14-42)22-5-11-40-12-6-22)48-33(47)43-15-9-25(10-16-43)44-20-24-3-1-2-4-28(24)41-32(44)46/h1-4,17-18,22-23,25,29,40H,5-16,19-20,39H2,(H,41,46)/t29-/m1/s1. The van der Waals surface area contributed by atoms with E-state index in [9.17, 15) is 27.6 Å². The molecule has 2 aromatic carbocycles. The van der Waals surface area contributed by atoms with Gasteiger partial charge in [-0.05, 0) is 92.8 Å². The second-order valence-corrected chi connectivity index (χ2v) is 13.7. The lowest BCUT2D eigenvalue weighted by Gasteiger charge is -2.41. The lowest BCUT2D eigenvalue weighted by molar-refractivity contribution is -0.142. The number of carbonyl (C=O) groups excluding carboxylic acids is 3. The van der Waals surface area contributed by atoms with Crippen molar-refractivity contribution in [3.8, 4) is 0 Å². The lowest BCUT2D eigenvalue weighted by atomic mass is 9.79. The van der Waals surface area contributed by atoms with E-state index in [1.165, 1.54) is 11.0 Å². The van der Waals surface area contributed by atoms with E-state index in [-0.39, 0.29) is 29.1 Å². The van der Waals surface area contributed by atoms with Gasteiger partial charge in [-0.3, -0.25) is 4.79 Å². The molecule has 0 radical (unpaired) electrons. The molecule has 0 spiro atoms. The quantitative estimate of drug-likeness (QED) is 0.333. The minimum atomic E-state index is -4.76. The number of nitrogens with two attached hydrogens (primary N) is 1. The van der Waals surface area contributed by atoms with Crippen LogP contribution in [0.5, 0.6) is 0 Å². The summed E-state index contributed by atoms with van der Waals surface area (Å²) in [5.41, 5.74) is 5.84. The molecule has 4 amide bonds. The van der Waals surface area contributed by atoms with Gasteiger partial charge in [0, 0.05) is 50.9 Å². The number of urea groups is 1. The van der Waals surface area contributed by atoms with Crippen molar-refractivity contribution >= 4 is 41.0 Å². The normalized spacial score (nSPS) is 20.7. The van der Waals surface area contributed by atoms with Gasteiger partial charge in [0.05, 0.1) is 16.3 Å². The zero-order chi connectivity index (χ0) is 34.0. The van der Waals surface area contributed by atoms with Gasteiger partial charge in [-0.15, -0.1) is 0 Å². The number of fused-ring (bicyclic) bond motifs is 1. The topological polar surface area (TPSA) is 120 Å². The summed E-state index contributed by atoms with van der Waals surface area (Å²) in [5, 5.41) is 6.02. The fourth-order valence-corrected chi connectivity index (χ4v) is 7.85. The molecule has 14 heteroatoms. The van der Waals surface area contributed by atoms with E-state index >= 15 is 0 Å². The summed E-state index contributed by atoms with van der Waals surface area (Å²) in [7, 11) is 0. The molecule has 1 atom stereocenters. The molecular weight excluding hydrogens is 649 g/mol. The summed E-state index contributed by atoms with van der Waals surface area (Å²) in [6.45, 7) is 4.01. The van der Waals surface area contributed by atoms with Gasteiger partial charge in [0.15, 0.2) is 6.10 Å². The number of benzene rings is 2. The van der Waals surface area contributed by atoms with Crippen molar-refractivity contribution in [2.75, 3.05) is 50.3 Å². The maximum atomic E-state index is 13.9. The van der Waals surface area contributed by atoms with Crippen LogP contribution < -0.4 is 16.4 Å². The predicted molar refractivity (Wildman–Crippen MR) is 175 cm³/mol. The van der Waals surface area contributed by atoms with Gasteiger partial charge in [-0.2, -0.15) is 13.2 Å². The Kier molecular flexibility index (Phi) is 10.3. The fraction of sp³-hybridized carbons (Fsp3) is 0.559. The molecule has 0 unspecified atom stereocenters. The molecule has 4 aliphatic heterocycles. The van der Waals surface area contributed by atoms with Gasteiger partial charge in [0.2, 0.25) is 0 Å². The maximum Gasteiger partial charge on any atom is 0.418 e. The maximum absolute atomic E-state index is 13.9. The van der Waals surface area contributed by atoms with Crippen LogP contribution in [-0.2, 0) is 28.7 Å². The molecule has 0 aliphatic carbocycles. The van der Waals surface area contributed by atoms with Crippen molar-refractivity contribution in [3.63, 3.8) is 0 Å². The highest BCUT2D eigenvalue weighted by Crippen LogP contribution is 2.38. The summed E-state index contributed by atoms with van der Waals surface area (Å²) in [6, 6.07) is 9.48. The molecular formula is C34H42ClF3N6O4. The molecule has 3 saturated heterocycles. The van der Waals surface area contributed by atoms with Gasteiger partial charge in [-0.25, -0.2) is 9.59 Å². The lowest BCUT2D eigenvalue weighted by Crippen LogP contribution is -2.52. The van der Waals surface area contributed by atoms with Crippen LogP contribution in [0.3, 0.4) is 0 Å². The average Bonchev–Trinajstić information content (AvgIpc) is 3.09. The monoisotopic (exact) mass is 690 g/mol. The molecule has 3 fully saturated rings. The Balaban J connectivity index is 1.13. The van der Waals surface area contributed by atoms with E-state index in [4.69, 9.17) is 22.1 Å². The van der Waals surface area contributed by atoms with Crippen LogP contribution in [0.4, 0.5) is 34.1 Å². The summed E-state index contributed by atoms with van der Waals surface area (Å²) in [6.07, 6.45) is -2.24. The first kappa shape index (κ1) is 34.2. The van der Waals surface area contributed by atoms with Crippen LogP contribution in [0, 0.1) is 11.8 Å². The van der Waals surface area contributed by atoms with E-state index in [0.29, 0.717) is 57.4 Å². The number of amides is 4. The second-order valence-electron chi connectivity index (χ2n) is 13.3. The molecule has 2 aromatic rings. The summed E-state index contributed by atoms with van der Waals surface area (Å²) >= 11 is 6.10. The molecule has 48 heavy (non-hydrogen) atoms. The fourth-order valence-electron chi connectivity index (χ4n) is 7.60. The third kappa shape index (κ3) is 7.62. The van der Waals surface area contributed by atoms with Gasteiger partial charge in [-0.1, -0.05) is 29.8 Å². The van der Waals surface area contributed by atoms with E-state index < -0.39 is 35.5 Å². The molecule has 4 heterocycles. The first-order valence-corrected chi connectivity index (χ1v) is 17.1. The van der Waals surface area contributed by atoms with Gasteiger partial charge < -0.3 is 35.8 Å². The largest absolute Gasteiger partial charge is 0.436 e. The molecule has 0 aromatic heterocycles. The zero-order valence-electron chi connectivity index (χ0n) is 26.7. The van der Waals surface area contributed by atoms with Crippen molar-refractivity contribution in [1.82, 2.24) is 20.0 Å². The summed E-state index contributed by atoms with van der Waals surface area (Å²) in [4.78, 5) is 45.2. The van der Waals surface area contributed by atoms with Crippen LogP contribution >= 0.6 is 11.6 Å². The third-order valence-electron chi connectivity index (χ3n) is 10.4. The number of para-hydroxylation sites is 1. The Bertz CT molecular complexity index is 1500. The van der Waals surface area contributed by atoms with Crippen LogP contribution in [0.2, 0.25) is 5.02 Å². The van der Waals surface area contributed by atoms with Crippen molar-refractivity contribution in [1.29, 1.82) is 0 Å². The van der Waals surface area contributed by atoms with Crippen LogP contribution in [0.25, 0.3) is 0 Å². The minimum absolute atomic E-state index is 0.0902. The first-order valence-electron chi connectivity index (χ1n) is 16.7. The number of anilines is 2. The number of hydrogen-bond acceptors (Lipinski definition) is 6. The number of likely N-dealkylation sites (tertiary alicyclic amines) is 2. The highest BCUT2D eigenvalue weighted by atomic mass is 35.5. The number of hydrogen-bond donors (Lipinski definition) is 3. The first-order chi connectivity index (χ1) is 23.0. The van der Waals surface area contributed by atoms with Gasteiger partial charge in [0.1, 0.15) is 0 Å². The number of alkyl halides is 3. The number of piperidine rings is 3. The van der Waals surface area contributed by atoms with Crippen LogP contribution in [-0.4, -0.2) is 84.1 Å². The molecule has 0 saturated carbocycles. The number of nitrogen functional groups attached to an aromatic ring is 1. The van der Waals surface area contributed by atoms with E-state index in [1.54, 1.807) is 9.80 Å². The highest BCUT2D eigenvalue weighted by Gasteiger charge is 2.38. The van der Waals surface area contributed by atoms with Crippen molar-refractivity contribution in [3.05, 3.63) is 58.1 Å². The van der Waals surface area contributed by atoms with Crippen LogP contribution in [0.15, 0.2) is 36.4 Å². The molecule has 6 rings (SSSR count). The number of nitrogens with zero attached hydrogens (tertiary/aromatic N) is 3. The molecule has 0 bridgehead atoms. The smallest absolute Gasteiger partial charge is 0.418 e. The van der Waals surface area contributed by atoms with Gasteiger partial charge in [0.25, 0.3) is 5.91 Å². The molecule has 260 valence electrons. The second kappa shape index (κ2) is 14.4. The number of rotatable bonds is 6. The Labute approximate surface area is 283 Å². The number of ether oxygens (including phenoxy) is 1. The average molecular weight is 691 g/mol. The number of halogens is 4. The van der Waals surface area contributed by atoms with Crippen molar-refractivity contribution in [2.45, 2.75) is 69.8 Å². The van der Waals surface area contributed by atoms with Crippen LogP contribution in [0.1, 0.15) is 55.2 Å². The molecule has 4 N–H and O–H groups in total. The highest BCUT2D eigenvalue weighted by molar-refractivity contribution is 6.33. The third-order valence-corrected chi connectivity index (χ3v) is 10.7. The SMILES string of the molecule is Nc1c(Cl)cc(C[C@@H](OC(=O)N2CCC(N3Cc4ccccc4NC3=O)CC2)C(=O)N2CCC(C3CCNCC3)CC2)cc1C(F)(F)F. The van der Waals surface area contributed by atoms with Crippen molar-refractivity contribution in [2.24, 2.45) is 11.8 Å². The van der Waals surface area contributed by atoms with E-state index in [2.05, 4.69) is 10.6 Å². The molecule has 4 aliphatic rings. The zero-order valence-corrected chi connectivity index (χ0v) is 27.5. The van der Waals surface area contributed by atoms with Crippen molar-refractivity contribution < 1.29 is 32.3 Å². The number of carbonyl (C=O) groups is 3. The van der Waals surface area contributed by atoms with E-state index in [1.807, 2.05) is 24.3 Å². The summed E-state index contributed by atoms with van der Waals surface area (Å²) < 4.78 is 47.1. The predicted octanol–water partition coefficient (Wildman–Crippen LogP) is 5.74. The molecule has 10 nitrogen and oxygen atoms in total. The Morgan fingerprint density at radius 3 is 2.29 bits per heavy atom. The van der Waals surface area contributed by atoms with Gasteiger partial charge >= 0.3 is 18.3 Å². The Morgan fingerprint density at radius 1 is 0.958 bits per heavy atom. The van der Waals surface area contributed by atoms with E-state index in [0.717, 1.165) is 56.1 Å². The summed E-state index contributed by atoms with van der Waals surface area (Å²) in [5.74, 6) is 0.662. The minimum Gasteiger partial charge on any atom is -0.436 e. The Hall–Kier alpha value is -3.71. The number of nitrogens with one attached hydrogen (secondary N) is 2. The Morgan fingerprint density at radius 2 is 1.60 bits per heavy atom.